The van der Waals surface area contributed by atoms with E-state index in [0.717, 1.165) is 5.56 Å². The van der Waals surface area contributed by atoms with Crippen molar-refractivity contribution in [1.82, 2.24) is 9.97 Å². The molecule has 0 aliphatic carbocycles. The lowest BCUT2D eigenvalue weighted by molar-refractivity contribution is 1.09. The fourth-order valence-corrected chi connectivity index (χ4v) is 2.84. The van der Waals surface area contributed by atoms with Crippen LogP contribution in [0.3, 0.4) is 0 Å². The van der Waals surface area contributed by atoms with Crippen molar-refractivity contribution in [3.8, 4) is 0 Å². The summed E-state index contributed by atoms with van der Waals surface area (Å²) in [5, 5.41) is 8.01. The molecule has 0 saturated carbocycles. The van der Waals surface area contributed by atoms with E-state index in [2.05, 4.69) is 20.6 Å². The molecule has 0 unspecified atom stereocenters. The van der Waals surface area contributed by atoms with Crippen LogP contribution in [-0.4, -0.2) is 9.97 Å². The molecule has 0 bridgehead atoms. The lowest BCUT2D eigenvalue weighted by Gasteiger charge is -2.13. The predicted molar refractivity (Wildman–Crippen MR) is 105 cm³/mol. The van der Waals surface area contributed by atoms with Crippen LogP contribution in [0.5, 0.6) is 0 Å². The van der Waals surface area contributed by atoms with Gasteiger partial charge in [0.2, 0.25) is 0 Å². The first-order chi connectivity index (χ1) is 12.0. The summed E-state index contributed by atoms with van der Waals surface area (Å²) >= 11 is 17.9. The average Bonchev–Trinajstić information content (AvgIpc) is 2.56. The molecule has 25 heavy (non-hydrogen) atoms. The van der Waals surface area contributed by atoms with Gasteiger partial charge in [0.05, 0.1) is 0 Å². The minimum atomic E-state index is 0.396. The van der Waals surface area contributed by atoms with Crippen LogP contribution in [0.15, 0.2) is 48.8 Å². The first-order valence-corrected chi connectivity index (χ1v) is 8.46. The van der Waals surface area contributed by atoms with E-state index in [-0.39, 0.29) is 0 Å². The van der Waals surface area contributed by atoms with Gasteiger partial charge in [-0.1, -0.05) is 46.9 Å². The lowest BCUT2D eigenvalue weighted by Crippen LogP contribution is -2.08. The van der Waals surface area contributed by atoms with Crippen LogP contribution >= 0.6 is 34.8 Å². The van der Waals surface area contributed by atoms with E-state index in [0.29, 0.717) is 44.6 Å². The van der Waals surface area contributed by atoms with Gasteiger partial charge in [0, 0.05) is 27.3 Å². The van der Waals surface area contributed by atoms with E-state index in [1.54, 1.807) is 18.2 Å². The topological polar surface area (TPSA) is 75.9 Å². The monoisotopic (exact) mass is 393 g/mol. The van der Waals surface area contributed by atoms with E-state index in [1.807, 2.05) is 24.3 Å². The molecule has 5 nitrogen and oxygen atoms in total. The maximum atomic E-state index is 6.16. The number of nitrogens with two attached hydrogens (primary N) is 1. The summed E-state index contributed by atoms with van der Waals surface area (Å²) in [7, 11) is 0. The van der Waals surface area contributed by atoms with Gasteiger partial charge >= 0.3 is 0 Å². The highest BCUT2D eigenvalue weighted by Gasteiger charge is 2.09. The molecule has 3 rings (SSSR count). The summed E-state index contributed by atoms with van der Waals surface area (Å²) < 4.78 is 0. The van der Waals surface area contributed by atoms with Crippen LogP contribution in [-0.2, 0) is 6.54 Å². The number of halogens is 3. The third kappa shape index (κ3) is 4.66. The van der Waals surface area contributed by atoms with Gasteiger partial charge < -0.3 is 16.4 Å². The molecule has 0 atom stereocenters. The molecule has 8 heteroatoms. The maximum Gasteiger partial charge on any atom is 0.159 e. The number of hydrogen-bond donors (Lipinski definition) is 3. The highest BCUT2D eigenvalue weighted by molar-refractivity contribution is 6.35. The normalized spacial score (nSPS) is 10.5. The Bertz CT molecular complexity index is 864. The third-order valence-electron chi connectivity index (χ3n) is 3.38. The Morgan fingerprint density at radius 3 is 2.16 bits per heavy atom. The quantitative estimate of drug-likeness (QED) is 0.542. The van der Waals surface area contributed by atoms with Crippen molar-refractivity contribution >= 4 is 57.8 Å². The molecule has 0 aliphatic heterocycles. The molecule has 0 radical (unpaired) electrons. The van der Waals surface area contributed by atoms with E-state index >= 15 is 0 Å². The average molecular weight is 395 g/mol. The van der Waals surface area contributed by atoms with Gasteiger partial charge in [-0.15, -0.1) is 0 Å². The second-order valence-corrected chi connectivity index (χ2v) is 6.56. The molecule has 0 saturated heterocycles. The molecule has 2 aromatic carbocycles. The Hall–Kier alpha value is -2.21. The highest BCUT2D eigenvalue weighted by atomic mass is 35.5. The largest absolute Gasteiger partial charge is 0.393 e. The number of nitrogens with zero attached hydrogens (tertiary/aromatic N) is 2. The summed E-state index contributed by atoms with van der Waals surface area (Å²) in [6.07, 6.45) is 1.43. The predicted octanol–water partition coefficient (Wildman–Crippen LogP) is 5.37. The Kier molecular flexibility index (Phi) is 5.48. The zero-order valence-electron chi connectivity index (χ0n) is 12.9. The van der Waals surface area contributed by atoms with Crippen molar-refractivity contribution in [2.45, 2.75) is 6.54 Å². The summed E-state index contributed by atoms with van der Waals surface area (Å²) in [6, 6.07) is 12.6. The molecular weight excluding hydrogens is 381 g/mol. The SMILES string of the molecule is Nc1c(NCc2ccc(Cl)cc2)ncnc1Nc1cc(Cl)cc(Cl)c1. The third-order valence-corrected chi connectivity index (χ3v) is 4.07. The standard InChI is InChI=1S/C17H14Cl3N5/c18-11-3-1-10(2-4-11)8-22-16-15(21)17(24-9-23-16)25-14-6-12(19)5-13(20)7-14/h1-7,9H,8,21H2,(H2,22,23,24,25). The molecule has 3 aromatic rings. The Morgan fingerprint density at radius 2 is 1.48 bits per heavy atom. The zero-order valence-corrected chi connectivity index (χ0v) is 15.2. The Labute approximate surface area is 160 Å². The second kappa shape index (κ2) is 7.78. The fraction of sp³-hybridized carbons (Fsp3) is 0.0588. The minimum absolute atomic E-state index is 0.396. The molecule has 1 heterocycles. The first kappa shape index (κ1) is 17.6. The second-order valence-electron chi connectivity index (χ2n) is 5.25. The van der Waals surface area contributed by atoms with E-state index < -0.39 is 0 Å². The number of rotatable bonds is 5. The summed E-state index contributed by atoms with van der Waals surface area (Å²) in [4.78, 5) is 8.35. The number of nitrogen functional groups attached to an aromatic ring is 1. The molecule has 0 aliphatic rings. The van der Waals surface area contributed by atoms with E-state index in [9.17, 15) is 0 Å². The molecule has 128 valence electrons. The number of nitrogens with one attached hydrogen (secondary N) is 2. The van der Waals surface area contributed by atoms with Crippen molar-refractivity contribution in [2.24, 2.45) is 0 Å². The van der Waals surface area contributed by atoms with Crippen molar-refractivity contribution in [1.29, 1.82) is 0 Å². The Balaban J connectivity index is 1.76. The molecule has 1 aromatic heterocycles. The Morgan fingerprint density at radius 1 is 0.840 bits per heavy atom. The number of benzene rings is 2. The zero-order chi connectivity index (χ0) is 17.8. The molecule has 0 spiro atoms. The van der Waals surface area contributed by atoms with Crippen LogP contribution in [0.2, 0.25) is 15.1 Å². The van der Waals surface area contributed by atoms with E-state index in [4.69, 9.17) is 40.5 Å². The van der Waals surface area contributed by atoms with Crippen molar-refractivity contribution in [3.63, 3.8) is 0 Å². The lowest BCUT2D eigenvalue weighted by atomic mass is 10.2. The van der Waals surface area contributed by atoms with Gasteiger partial charge in [0.15, 0.2) is 11.6 Å². The van der Waals surface area contributed by atoms with Crippen LogP contribution < -0.4 is 16.4 Å². The number of hydrogen-bond acceptors (Lipinski definition) is 5. The number of anilines is 4. The van der Waals surface area contributed by atoms with Gasteiger partial charge in [-0.25, -0.2) is 9.97 Å². The smallest absolute Gasteiger partial charge is 0.159 e. The van der Waals surface area contributed by atoms with Crippen molar-refractivity contribution < 1.29 is 0 Å². The van der Waals surface area contributed by atoms with Gasteiger partial charge in [0.25, 0.3) is 0 Å². The molecular formula is C17H14Cl3N5. The van der Waals surface area contributed by atoms with Crippen LogP contribution in [0, 0.1) is 0 Å². The minimum Gasteiger partial charge on any atom is -0.393 e. The maximum absolute atomic E-state index is 6.16. The molecule has 0 fully saturated rings. The van der Waals surface area contributed by atoms with Crippen molar-refractivity contribution in [2.75, 3.05) is 16.4 Å². The van der Waals surface area contributed by atoms with Gasteiger partial charge in [-0.3, -0.25) is 0 Å². The van der Waals surface area contributed by atoms with Crippen LogP contribution in [0.25, 0.3) is 0 Å². The summed E-state index contributed by atoms with van der Waals surface area (Å²) in [5.41, 5.74) is 8.30. The number of aromatic nitrogens is 2. The van der Waals surface area contributed by atoms with Gasteiger partial charge in [-0.05, 0) is 35.9 Å². The van der Waals surface area contributed by atoms with E-state index in [1.165, 1.54) is 6.33 Å². The summed E-state index contributed by atoms with van der Waals surface area (Å²) in [6.45, 7) is 0.556. The fourth-order valence-electron chi connectivity index (χ4n) is 2.19. The highest BCUT2D eigenvalue weighted by Crippen LogP contribution is 2.29. The van der Waals surface area contributed by atoms with Crippen molar-refractivity contribution in [3.05, 3.63) is 69.4 Å². The van der Waals surface area contributed by atoms with Crippen LogP contribution in [0.1, 0.15) is 5.56 Å². The van der Waals surface area contributed by atoms with Gasteiger partial charge in [-0.2, -0.15) is 0 Å². The van der Waals surface area contributed by atoms with Crippen LogP contribution in [0.4, 0.5) is 23.0 Å². The first-order valence-electron chi connectivity index (χ1n) is 7.33. The summed E-state index contributed by atoms with van der Waals surface area (Å²) in [5.74, 6) is 0.993. The molecule has 4 N–H and O–H groups in total. The van der Waals surface area contributed by atoms with Gasteiger partial charge in [0.1, 0.15) is 12.0 Å². The molecule has 0 amide bonds.